The van der Waals surface area contributed by atoms with Gasteiger partial charge in [-0.1, -0.05) is 6.07 Å². The third-order valence-electron chi connectivity index (χ3n) is 4.07. The minimum absolute atomic E-state index is 0.0594. The van der Waals surface area contributed by atoms with Crippen molar-refractivity contribution in [1.29, 1.82) is 0 Å². The fourth-order valence-electron chi connectivity index (χ4n) is 2.88. The number of nitrogens with one attached hydrogen (secondary N) is 1. The zero-order valence-electron chi connectivity index (χ0n) is 11.1. The lowest BCUT2D eigenvalue weighted by Gasteiger charge is -2.25. The van der Waals surface area contributed by atoms with Crippen molar-refractivity contribution < 1.29 is 5.11 Å². The standard InChI is InChI=1S/C15H21N3O/c19-14-6-4-12(5-7-14)9-16-10-13-11-17-18-8-2-1-3-15(13)18/h1-3,8,11-12,14,16,19H,4-7,9-10H2. The molecule has 2 aromatic rings. The molecule has 1 aliphatic rings. The first kappa shape index (κ1) is 12.6. The molecule has 0 unspecified atom stereocenters. The number of aromatic nitrogens is 2. The van der Waals surface area contributed by atoms with E-state index >= 15 is 0 Å². The molecule has 2 heterocycles. The molecule has 19 heavy (non-hydrogen) atoms. The summed E-state index contributed by atoms with van der Waals surface area (Å²) in [6.07, 6.45) is 8.06. The lowest BCUT2D eigenvalue weighted by atomic mass is 9.87. The number of aliphatic hydroxyl groups excluding tert-OH is 1. The zero-order valence-corrected chi connectivity index (χ0v) is 11.1. The number of aliphatic hydroxyl groups is 1. The first-order chi connectivity index (χ1) is 9.33. The van der Waals surface area contributed by atoms with Crippen molar-refractivity contribution in [1.82, 2.24) is 14.9 Å². The molecule has 0 saturated heterocycles. The van der Waals surface area contributed by atoms with E-state index in [0.29, 0.717) is 5.92 Å². The van der Waals surface area contributed by atoms with Crippen molar-refractivity contribution in [3.8, 4) is 0 Å². The van der Waals surface area contributed by atoms with Crippen molar-refractivity contribution in [3.63, 3.8) is 0 Å². The maximum atomic E-state index is 9.49. The van der Waals surface area contributed by atoms with E-state index in [1.807, 2.05) is 29.0 Å². The predicted octanol–water partition coefficient (Wildman–Crippen LogP) is 1.97. The number of rotatable bonds is 4. The van der Waals surface area contributed by atoms with Gasteiger partial charge in [-0.3, -0.25) is 0 Å². The first-order valence-corrected chi connectivity index (χ1v) is 7.13. The zero-order chi connectivity index (χ0) is 13.1. The molecule has 1 saturated carbocycles. The Morgan fingerprint density at radius 2 is 2.11 bits per heavy atom. The second-order valence-corrected chi connectivity index (χ2v) is 5.51. The molecule has 4 heteroatoms. The topological polar surface area (TPSA) is 49.6 Å². The van der Waals surface area contributed by atoms with Crippen LogP contribution in [0.5, 0.6) is 0 Å². The molecule has 3 rings (SSSR count). The fourth-order valence-corrected chi connectivity index (χ4v) is 2.88. The highest BCUT2D eigenvalue weighted by molar-refractivity contribution is 5.53. The first-order valence-electron chi connectivity index (χ1n) is 7.13. The summed E-state index contributed by atoms with van der Waals surface area (Å²) in [5.74, 6) is 0.713. The summed E-state index contributed by atoms with van der Waals surface area (Å²) in [5, 5.41) is 17.4. The van der Waals surface area contributed by atoms with E-state index in [1.165, 1.54) is 11.1 Å². The number of pyridine rings is 1. The van der Waals surface area contributed by atoms with E-state index in [-0.39, 0.29) is 6.10 Å². The summed E-state index contributed by atoms with van der Waals surface area (Å²) in [6, 6.07) is 6.13. The SMILES string of the molecule is OC1CCC(CNCc2cnn3ccccc23)CC1. The Kier molecular flexibility index (Phi) is 3.80. The van der Waals surface area contributed by atoms with Crippen LogP contribution >= 0.6 is 0 Å². The summed E-state index contributed by atoms with van der Waals surface area (Å²) in [4.78, 5) is 0. The quantitative estimate of drug-likeness (QED) is 0.882. The Balaban J connectivity index is 1.52. The fraction of sp³-hybridized carbons (Fsp3) is 0.533. The number of hydrogen-bond acceptors (Lipinski definition) is 3. The van der Waals surface area contributed by atoms with Gasteiger partial charge in [-0.05, 0) is 50.3 Å². The van der Waals surface area contributed by atoms with Gasteiger partial charge < -0.3 is 10.4 Å². The van der Waals surface area contributed by atoms with Gasteiger partial charge in [0.25, 0.3) is 0 Å². The van der Waals surface area contributed by atoms with Crippen LogP contribution in [-0.2, 0) is 6.54 Å². The second-order valence-electron chi connectivity index (χ2n) is 5.51. The average Bonchev–Trinajstić information content (AvgIpc) is 2.85. The molecule has 0 spiro atoms. The van der Waals surface area contributed by atoms with Gasteiger partial charge in [0.1, 0.15) is 0 Å². The molecule has 0 aromatic carbocycles. The average molecular weight is 259 g/mol. The van der Waals surface area contributed by atoms with E-state index in [0.717, 1.165) is 38.8 Å². The van der Waals surface area contributed by atoms with Gasteiger partial charge in [-0.15, -0.1) is 0 Å². The molecule has 1 aliphatic carbocycles. The molecular formula is C15H21N3O. The van der Waals surface area contributed by atoms with Crippen LogP contribution in [0.4, 0.5) is 0 Å². The molecule has 0 radical (unpaired) electrons. The van der Waals surface area contributed by atoms with Crippen LogP contribution < -0.4 is 5.32 Å². The summed E-state index contributed by atoms with van der Waals surface area (Å²) < 4.78 is 1.91. The van der Waals surface area contributed by atoms with Crippen molar-refractivity contribution >= 4 is 5.52 Å². The maximum absolute atomic E-state index is 9.49. The minimum Gasteiger partial charge on any atom is -0.393 e. The van der Waals surface area contributed by atoms with Crippen LogP contribution in [0.25, 0.3) is 5.52 Å². The van der Waals surface area contributed by atoms with Crippen LogP contribution in [-0.4, -0.2) is 27.4 Å². The summed E-state index contributed by atoms with van der Waals surface area (Å²) >= 11 is 0. The molecule has 102 valence electrons. The van der Waals surface area contributed by atoms with Crippen LogP contribution in [0.3, 0.4) is 0 Å². The van der Waals surface area contributed by atoms with Crippen molar-refractivity contribution in [2.24, 2.45) is 5.92 Å². The Bertz CT molecular complexity index is 529. The van der Waals surface area contributed by atoms with Crippen LogP contribution in [0.2, 0.25) is 0 Å². The molecule has 2 N–H and O–H groups in total. The second kappa shape index (κ2) is 5.72. The highest BCUT2D eigenvalue weighted by Crippen LogP contribution is 2.23. The van der Waals surface area contributed by atoms with Crippen LogP contribution in [0.15, 0.2) is 30.6 Å². The van der Waals surface area contributed by atoms with Crippen molar-refractivity contribution in [2.75, 3.05) is 6.54 Å². The molecule has 0 amide bonds. The summed E-state index contributed by atoms with van der Waals surface area (Å²) in [7, 11) is 0. The minimum atomic E-state index is -0.0594. The lowest BCUT2D eigenvalue weighted by molar-refractivity contribution is 0.108. The van der Waals surface area contributed by atoms with Crippen LogP contribution in [0.1, 0.15) is 31.2 Å². The Morgan fingerprint density at radius 1 is 1.26 bits per heavy atom. The van der Waals surface area contributed by atoms with E-state index in [2.05, 4.69) is 16.5 Å². The van der Waals surface area contributed by atoms with Gasteiger partial charge in [0.15, 0.2) is 0 Å². The predicted molar refractivity (Wildman–Crippen MR) is 74.9 cm³/mol. The van der Waals surface area contributed by atoms with Gasteiger partial charge >= 0.3 is 0 Å². The lowest BCUT2D eigenvalue weighted by Crippen LogP contribution is -2.27. The van der Waals surface area contributed by atoms with Gasteiger partial charge in [-0.25, -0.2) is 4.52 Å². The largest absolute Gasteiger partial charge is 0.393 e. The number of fused-ring (bicyclic) bond motifs is 1. The Labute approximate surface area is 113 Å². The molecule has 2 aromatic heterocycles. The summed E-state index contributed by atoms with van der Waals surface area (Å²) in [5.41, 5.74) is 2.42. The molecule has 4 nitrogen and oxygen atoms in total. The molecule has 0 bridgehead atoms. The number of nitrogens with zero attached hydrogens (tertiary/aromatic N) is 2. The molecule has 1 fully saturated rings. The van der Waals surface area contributed by atoms with Crippen molar-refractivity contribution in [3.05, 3.63) is 36.2 Å². The van der Waals surface area contributed by atoms with Gasteiger partial charge in [0, 0.05) is 18.3 Å². The van der Waals surface area contributed by atoms with Crippen molar-refractivity contribution in [2.45, 2.75) is 38.3 Å². The smallest absolute Gasteiger partial charge is 0.0706 e. The molecule has 0 aliphatic heterocycles. The van der Waals surface area contributed by atoms with E-state index in [1.54, 1.807) is 0 Å². The monoisotopic (exact) mass is 259 g/mol. The van der Waals surface area contributed by atoms with Gasteiger partial charge in [-0.2, -0.15) is 5.10 Å². The van der Waals surface area contributed by atoms with Gasteiger partial charge in [0.2, 0.25) is 0 Å². The third kappa shape index (κ3) is 2.96. The summed E-state index contributed by atoms with van der Waals surface area (Å²) in [6.45, 7) is 1.91. The Hall–Kier alpha value is -1.39. The molecular weight excluding hydrogens is 238 g/mol. The van der Waals surface area contributed by atoms with E-state index in [9.17, 15) is 5.11 Å². The van der Waals surface area contributed by atoms with Crippen LogP contribution in [0, 0.1) is 5.92 Å². The molecule has 0 atom stereocenters. The highest BCUT2D eigenvalue weighted by atomic mass is 16.3. The van der Waals surface area contributed by atoms with E-state index < -0.39 is 0 Å². The normalized spacial score (nSPS) is 23.8. The highest BCUT2D eigenvalue weighted by Gasteiger charge is 2.18. The maximum Gasteiger partial charge on any atom is 0.0706 e. The van der Waals surface area contributed by atoms with Gasteiger partial charge in [0.05, 0.1) is 17.8 Å². The van der Waals surface area contributed by atoms with E-state index in [4.69, 9.17) is 0 Å². The Morgan fingerprint density at radius 3 is 2.95 bits per heavy atom. The number of hydrogen-bond donors (Lipinski definition) is 2. The third-order valence-corrected chi connectivity index (χ3v) is 4.07.